The maximum absolute atomic E-state index is 5.83. The number of benzene rings is 1. The summed E-state index contributed by atoms with van der Waals surface area (Å²) in [6.07, 6.45) is 3.04. The quantitative estimate of drug-likeness (QED) is 0.581. The van der Waals surface area contributed by atoms with E-state index in [0.29, 0.717) is 0 Å². The van der Waals surface area contributed by atoms with Crippen LogP contribution in [0.1, 0.15) is 51.7 Å². The molecule has 0 heterocycles. The predicted molar refractivity (Wildman–Crippen MR) is 68.7 cm³/mol. The molecule has 1 aliphatic rings. The van der Waals surface area contributed by atoms with E-state index >= 15 is 0 Å². The second-order valence-corrected chi connectivity index (χ2v) is 5.78. The first-order valence-corrected chi connectivity index (χ1v) is 6.42. The van der Waals surface area contributed by atoms with Gasteiger partial charge in [-0.1, -0.05) is 31.2 Å². The topological polar surface area (TPSA) is 18.5 Å². The monoisotopic (exact) mass is 234 g/mol. The zero-order valence-corrected chi connectivity index (χ0v) is 11.2. The van der Waals surface area contributed by atoms with Crippen molar-refractivity contribution < 1.29 is 9.78 Å². The Bertz CT molecular complexity index is 392. The highest BCUT2D eigenvalue weighted by Gasteiger charge is 2.40. The zero-order chi connectivity index (χ0) is 12.5. The van der Waals surface area contributed by atoms with Crippen molar-refractivity contribution >= 4 is 0 Å². The van der Waals surface area contributed by atoms with Crippen LogP contribution in [0.15, 0.2) is 24.3 Å². The minimum atomic E-state index is -0.264. The maximum atomic E-state index is 5.83. The van der Waals surface area contributed by atoms with Crippen molar-refractivity contribution in [1.82, 2.24) is 0 Å². The van der Waals surface area contributed by atoms with Gasteiger partial charge in [0.2, 0.25) is 0 Å². The van der Waals surface area contributed by atoms with Crippen molar-refractivity contribution in [2.45, 2.75) is 58.2 Å². The van der Waals surface area contributed by atoms with Gasteiger partial charge in [-0.3, -0.25) is 0 Å². The highest BCUT2D eigenvalue weighted by molar-refractivity contribution is 5.37. The van der Waals surface area contributed by atoms with Crippen molar-refractivity contribution in [2.75, 3.05) is 0 Å². The Labute approximate surface area is 104 Å². The number of fused-ring (bicyclic) bond motifs is 1. The molecule has 1 atom stereocenters. The maximum Gasteiger partial charge on any atom is 0.129 e. The van der Waals surface area contributed by atoms with E-state index < -0.39 is 0 Å². The van der Waals surface area contributed by atoms with Crippen LogP contribution < -0.4 is 0 Å². The molecule has 1 aromatic rings. The minimum Gasteiger partial charge on any atom is -0.230 e. The van der Waals surface area contributed by atoms with Crippen LogP contribution in [-0.2, 0) is 21.8 Å². The smallest absolute Gasteiger partial charge is 0.129 e. The molecule has 0 fully saturated rings. The van der Waals surface area contributed by atoms with E-state index in [1.54, 1.807) is 0 Å². The van der Waals surface area contributed by atoms with Crippen LogP contribution in [-0.4, -0.2) is 5.60 Å². The number of aryl methyl sites for hydroxylation is 1. The Morgan fingerprint density at radius 2 is 1.94 bits per heavy atom. The van der Waals surface area contributed by atoms with Gasteiger partial charge in [-0.25, -0.2) is 9.78 Å². The predicted octanol–water partition coefficient (Wildman–Crippen LogP) is 3.98. The molecule has 2 nitrogen and oxygen atoms in total. The first kappa shape index (κ1) is 12.6. The van der Waals surface area contributed by atoms with Crippen molar-refractivity contribution in [3.63, 3.8) is 0 Å². The highest BCUT2D eigenvalue weighted by Crippen LogP contribution is 2.43. The van der Waals surface area contributed by atoms with Gasteiger partial charge in [0, 0.05) is 0 Å². The molecule has 0 saturated heterocycles. The van der Waals surface area contributed by atoms with E-state index in [1.165, 1.54) is 11.1 Å². The Morgan fingerprint density at radius 3 is 2.59 bits per heavy atom. The van der Waals surface area contributed by atoms with Crippen molar-refractivity contribution in [3.05, 3.63) is 35.4 Å². The van der Waals surface area contributed by atoms with Crippen LogP contribution in [0.3, 0.4) is 0 Å². The molecule has 0 aromatic heterocycles. The summed E-state index contributed by atoms with van der Waals surface area (Å²) in [5.41, 5.74) is 2.18. The fraction of sp³-hybridized carbons (Fsp3) is 0.600. The van der Waals surface area contributed by atoms with Gasteiger partial charge in [-0.15, -0.1) is 0 Å². The fourth-order valence-corrected chi connectivity index (χ4v) is 2.37. The van der Waals surface area contributed by atoms with E-state index in [1.807, 2.05) is 20.8 Å². The van der Waals surface area contributed by atoms with Gasteiger partial charge in [-0.2, -0.15) is 0 Å². The van der Waals surface area contributed by atoms with Gasteiger partial charge in [-0.05, 0) is 51.2 Å². The molecule has 17 heavy (non-hydrogen) atoms. The Hall–Kier alpha value is -0.860. The van der Waals surface area contributed by atoms with E-state index in [9.17, 15) is 0 Å². The summed E-state index contributed by atoms with van der Waals surface area (Å²) in [5.74, 6) is 0. The van der Waals surface area contributed by atoms with Gasteiger partial charge < -0.3 is 0 Å². The number of rotatable bonds is 3. The van der Waals surface area contributed by atoms with Gasteiger partial charge >= 0.3 is 0 Å². The molecular weight excluding hydrogens is 212 g/mol. The molecule has 1 aliphatic carbocycles. The van der Waals surface area contributed by atoms with Crippen LogP contribution in [0, 0.1) is 0 Å². The first-order chi connectivity index (χ1) is 7.97. The Kier molecular flexibility index (Phi) is 3.28. The molecule has 0 spiro atoms. The Balaban J connectivity index is 2.22. The van der Waals surface area contributed by atoms with Gasteiger partial charge in [0.25, 0.3) is 0 Å². The minimum absolute atomic E-state index is 0.246. The molecule has 1 unspecified atom stereocenters. The average molecular weight is 234 g/mol. The van der Waals surface area contributed by atoms with E-state index in [2.05, 4.69) is 31.2 Å². The van der Waals surface area contributed by atoms with Crippen LogP contribution in [0.5, 0.6) is 0 Å². The number of hydrogen-bond acceptors (Lipinski definition) is 2. The molecule has 1 aromatic carbocycles. The third-order valence-electron chi connectivity index (χ3n) is 3.33. The summed E-state index contributed by atoms with van der Waals surface area (Å²) < 4.78 is 0. The molecule has 0 amide bonds. The molecule has 0 saturated carbocycles. The van der Waals surface area contributed by atoms with Crippen LogP contribution in [0.2, 0.25) is 0 Å². The average Bonchev–Trinajstić information content (AvgIpc) is 2.66. The zero-order valence-electron chi connectivity index (χ0n) is 11.2. The molecule has 2 rings (SSSR count). The lowest BCUT2D eigenvalue weighted by Gasteiger charge is -2.31. The van der Waals surface area contributed by atoms with E-state index in [0.717, 1.165) is 19.3 Å². The summed E-state index contributed by atoms with van der Waals surface area (Å²) in [7, 11) is 0. The second-order valence-electron chi connectivity index (χ2n) is 5.78. The van der Waals surface area contributed by atoms with E-state index in [4.69, 9.17) is 9.78 Å². The van der Waals surface area contributed by atoms with Gasteiger partial charge in [0.1, 0.15) is 5.60 Å². The normalized spacial score (nSPS) is 23.8. The molecule has 0 radical (unpaired) electrons. The van der Waals surface area contributed by atoms with Crippen molar-refractivity contribution in [3.8, 4) is 0 Å². The highest BCUT2D eigenvalue weighted by atomic mass is 17.2. The molecule has 2 heteroatoms. The standard InChI is InChI=1S/C15H22O2/c1-5-15(17-16-14(2,3)4)11-10-12-8-6-7-9-13(12)15/h6-9H,5,10-11H2,1-4H3. The fourth-order valence-electron chi connectivity index (χ4n) is 2.37. The molecule has 0 aliphatic heterocycles. The lowest BCUT2D eigenvalue weighted by atomic mass is 9.93. The van der Waals surface area contributed by atoms with E-state index in [-0.39, 0.29) is 11.2 Å². The van der Waals surface area contributed by atoms with Gasteiger partial charge in [0.15, 0.2) is 0 Å². The summed E-state index contributed by atoms with van der Waals surface area (Å²) in [5, 5.41) is 0. The Morgan fingerprint density at radius 1 is 1.24 bits per heavy atom. The molecule has 94 valence electrons. The van der Waals surface area contributed by atoms with Crippen molar-refractivity contribution in [1.29, 1.82) is 0 Å². The summed E-state index contributed by atoms with van der Waals surface area (Å²) in [6.45, 7) is 8.19. The second kappa shape index (κ2) is 4.43. The summed E-state index contributed by atoms with van der Waals surface area (Å²) >= 11 is 0. The van der Waals surface area contributed by atoms with Crippen LogP contribution in [0.25, 0.3) is 0 Å². The number of hydrogen-bond donors (Lipinski definition) is 0. The summed E-state index contributed by atoms with van der Waals surface area (Å²) in [4.78, 5) is 11.4. The largest absolute Gasteiger partial charge is 0.230 e. The molecule has 0 bridgehead atoms. The third kappa shape index (κ3) is 2.53. The van der Waals surface area contributed by atoms with Crippen LogP contribution >= 0.6 is 0 Å². The lowest BCUT2D eigenvalue weighted by molar-refractivity contribution is -0.409. The SMILES string of the molecule is CCC1(OOC(C)(C)C)CCc2ccccc21. The van der Waals surface area contributed by atoms with Crippen molar-refractivity contribution in [2.24, 2.45) is 0 Å². The lowest BCUT2D eigenvalue weighted by Crippen LogP contribution is -2.31. The first-order valence-electron chi connectivity index (χ1n) is 6.42. The third-order valence-corrected chi connectivity index (χ3v) is 3.33. The van der Waals surface area contributed by atoms with Gasteiger partial charge in [0.05, 0.1) is 5.60 Å². The molecule has 0 N–H and O–H groups in total. The summed E-state index contributed by atoms with van der Waals surface area (Å²) in [6, 6.07) is 8.52. The van der Waals surface area contributed by atoms with Crippen LogP contribution in [0.4, 0.5) is 0 Å². The molecular formula is C15H22O2.